The van der Waals surface area contributed by atoms with Crippen molar-refractivity contribution >= 4 is 21.7 Å². The normalized spacial score (nSPS) is 11.4. The molecule has 0 radical (unpaired) electrons. The lowest BCUT2D eigenvalue weighted by Crippen LogP contribution is -2.14. The van der Waals surface area contributed by atoms with Crippen LogP contribution in [-0.2, 0) is 26.0 Å². The molecule has 0 aliphatic rings. The zero-order valence-electron chi connectivity index (χ0n) is 14.2. The third-order valence-electron chi connectivity index (χ3n) is 3.48. The molecule has 0 unspecified atom stereocenters. The highest BCUT2D eigenvalue weighted by atomic mass is 32.2. The van der Waals surface area contributed by atoms with Gasteiger partial charge in [0.15, 0.2) is 0 Å². The Morgan fingerprint density at radius 1 is 1.08 bits per heavy atom. The standard InChI is InChI=1S/C19H21NO4S/c1-15-10-12-18(13-11-15)25(22,23)20-19-9-4-3-7-17(19)8-5-6-14-24-16(2)21/h3-7,9-13,20H,8,14H2,1-2H3/b6-5+. The number of carbonyl (C=O) groups excluding carboxylic acids is 1. The molecule has 0 saturated heterocycles. The molecule has 0 aliphatic heterocycles. The maximum atomic E-state index is 12.5. The van der Waals surface area contributed by atoms with E-state index in [2.05, 4.69) is 4.72 Å². The van der Waals surface area contributed by atoms with E-state index in [1.165, 1.54) is 6.92 Å². The van der Waals surface area contributed by atoms with Crippen LogP contribution < -0.4 is 4.72 Å². The molecule has 5 nitrogen and oxygen atoms in total. The van der Waals surface area contributed by atoms with Crippen LogP contribution in [0.15, 0.2) is 65.6 Å². The van der Waals surface area contributed by atoms with Crippen LogP contribution in [0.25, 0.3) is 0 Å². The molecule has 0 fully saturated rings. The fourth-order valence-electron chi connectivity index (χ4n) is 2.16. The minimum atomic E-state index is -3.64. The van der Waals surface area contributed by atoms with Gasteiger partial charge in [0.2, 0.25) is 0 Å². The van der Waals surface area contributed by atoms with Gasteiger partial charge in [-0.2, -0.15) is 0 Å². The number of rotatable bonds is 7. The summed E-state index contributed by atoms with van der Waals surface area (Å²) in [4.78, 5) is 10.9. The van der Waals surface area contributed by atoms with Gasteiger partial charge in [0.05, 0.1) is 10.6 Å². The highest BCUT2D eigenvalue weighted by molar-refractivity contribution is 7.92. The molecule has 0 saturated carbocycles. The predicted octanol–water partition coefficient (Wildman–Crippen LogP) is 3.46. The zero-order valence-corrected chi connectivity index (χ0v) is 15.0. The van der Waals surface area contributed by atoms with Crippen molar-refractivity contribution in [3.8, 4) is 0 Å². The van der Waals surface area contributed by atoms with E-state index in [0.717, 1.165) is 11.1 Å². The van der Waals surface area contributed by atoms with Gasteiger partial charge in [0.1, 0.15) is 6.61 Å². The van der Waals surface area contributed by atoms with E-state index >= 15 is 0 Å². The third-order valence-corrected chi connectivity index (χ3v) is 4.86. The maximum absolute atomic E-state index is 12.5. The largest absolute Gasteiger partial charge is 0.462 e. The van der Waals surface area contributed by atoms with Gasteiger partial charge in [-0.25, -0.2) is 8.42 Å². The zero-order chi connectivity index (χ0) is 18.3. The van der Waals surface area contributed by atoms with Crippen molar-refractivity contribution in [1.29, 1.82) is 0 Å². The van der Waals surface area contributed by atoms with Crippen LogP contribution in [0.5, 0.6) is 0 Å². The second-order valence-electron chi connectivity index (χ2n) is 5.55. The molecule has 2 rings (SSSR count). The number of benzene rings is 2. The Morgan fingerprint density at radius 3 is 2.44 bits per heavy atom. The molecule has 2 aromatic carbocycles. The number of ether oxygens (including phenoxy) is 1. The van der Waals surface area contributed by atoms with Gasteiger partial charge in [-0.1, -0.05) is 48.0 Å². The second-order valence-corrected chi connectivity index (χ2v) is 7.24. The number of esters is 1. The van der Waals surface area contributed by atoms with Crippen molar-refractivity contribution in [2.24, 2.45) is 0 Å². The SMILES string of the molecule is CC(=O)OC/C=C/Cc1ccccc1NS(=O)(=O)c1ccc(C)cc1. The molecule has 0 atom stereocenters. The van der Waals surface area contributed by atoms with Crippen molar-refractivity contribution in [3.63, 3.8) is 0 Å². The molecule has 1 N–H and O–H groups in total. The van der Waals surface area contributed by atoms with Gasteiger partial charge < -0.3 is 4.74 Å². The summed E-state index contributed by atoms with van der Waals surface area (Å²) in [6.45, 7) is 3.46. The van der Waals surface area contributed by atoms with Gasteiger partial charge in [0.25, 0.3) is 10.0 Å². The number of allylic oxidation sites excluding steroid dienone is 1. The average Bonchev–Trinajstić information content (AvgIpc) is 2.56. The van der Waals surface area contributed by atoms with E-state index in [9.17, 15) is 13.2 Å². The molecule has 6 heteroatoms. The van der Waals surface area contributed by atoms with Crippen LogP contribution in [0.3, 0.4) is 0 Å². The first-order chi connectivity index (χ1) is 11.9. The number of sulfonamides is 1. The number of para-hydroxylation sites is 1. The second kappa shape index (κ2) is 8.48. The van der Waals surface area contributed by atoms with Crippen LogP contribution in [0.4, 0.5) is 5.69 Å². The Morgan fingerprint density at radius 2 is 1.76 bits per heavy atom. The Kier molecular flexibility index (Phi) is 6.36. The lowest BCUT2D eigenvalue weighted by atomic mass is 10.1. The first kappa shape index (κ1) is 18.7. The summed E-state index contributed by atoms with van der Waals surface area (Å²) in [5.74, 6) is -0.337. The molecule has 0 heterocycles. The molecular formula is C19H21NO4S. The number of anilines is 1. The van der Waals surface area contributed by atoms with E-state index in [-0.39, 0.29) is 17.5 Å². The van der Waals surface area contributed by atoms with Gasteiger partial charge >= 0.3 is 5.97 Å². The molecule has 0 aliphatic carbocycles. The minimum absolute atomic E-state index is 0.201. The Balaban J connectivity index is 2.12. The van der Waals surface area contributed by atoms with Gasteiger partial charge in [-0.3, -0.25) is 9.52 Å². The van der Waals surface area contributed by atoms with Crippen molar-refractivity contribution in [3.05, 3.63) is 71.8 Å². The number of nitrogens with one attached hydrogen (secondary N) is 1. The van der Waals surface area contributed by atoms with Crippen LogP contribution in [0, 0.1) is 6.92 Å². The number of hydrogen-bond donors (Lipinski definition) is 1. The topological polar surface area (TPSA) is 72.5 Å². The lowest BCUT2D eigenvalue weighted by molar-refractivity contribution is -0.139. The molecule has 25 heavy (non-hydrogen) atoms. The third kappa shape index (κ3) is 5.76. The van der Waals surface area contributed by atoms with Crippen molar-refractivity contribution < 1.29 is 17.9 Å². The van der Waals surface area contributed by atoms with Gasteiger partial charge in [-0.15, -0.1) is 0 Å². The van der Waals surface area contributed by atoms with Crippen LogP contribution >= 0.6 is 0 Å². The fraction of sp³-hybridized carbons (Fsp3) is 0.211. The monoisotopic (exact) mass is 359 g/mol. The van der Waals surface area contributed by atoms with Gasteiger partial charge in [-0.05, 0) is 37.1 Å². The number of hydrogen-bond acceptors (Lipinski definition) is 4. The summed E-state index contributed by atoms with van der Waals surface area (Å²) in [5, 5.41) is 0. The van der Waals surface area contributed by atoms with Crippen LogP contribution in [0.2, 0.25) is 0 Å². The van der Waals surface area contributed by atoms with Crippen molar-refractivity contribution in [2.45, 2.75) is 25.2 Å². The van der Waals surface area contributed by atoms with Crippen LogP contribution in [-0.4, -0.2) is 21.0 Å². The highest BCUT2D eigenvalue weighted by Gasteiger charge is 2.15. The predicted molar refractivity (Wildman–Crippen MR) is 97.9 cm³/mol. The Bertz CT molecular complexity index is 855. The van der Waals surface area contributed by atoms with E-state index < -0.39 is 10.0 Å². The first-order valence-corrected chi connectivity index (χ1v) is 9.32. The average molecular weight is 359 g/mol. The van der Waals surface area contributed by atoms with E-state index in [1.54, 1.807) is 42.5 Å². The van der Waals surface area contributed by atoms with Crippen molar-refractivity contribution in [2.75, 3.05) is 11.3 Å². The summed E-state index contributed by atoms with van der Waals surface area (Å²) >= 11 is 0. The summed E-state index contributed by atoms with van der Waals surface area (Å²) in [6.07, 6.45) is 4.09. The Labute approximate surface area is 148 Å². The highest BCUT2D eigenvalue weighted by Crippen LogP contribution is 2.21. The van der Waals surface area contributed by atoms with Crippen LogP contribution in [0.1, 0.15) is 18.1 Å². The molecule has 0 spiro atoms. The summed E-state index contributed by atoms with van der Waals surface area (Å²) in [6, 6.07) is 13.9. The van der Waals surface area contributed by atoms with E-state index in [4.69, 9.17) is 4.74 Å². The molecule has 0 aromatic heterocycles. The quantitative estimate of drug-likeness (QED) is 0.607. The Hall–Kier alpha value is -2.60. The smallest absolute Gasteiger partial charge is 0.302 e. The molecule has 0 bridgehead atoms. The number of carbonyl (C=O) groups is 1. The molecule has 2 aromatic rings. The molecular weight excluding hydrogens is 338 g/mol. The van der Waals surface area contributed by atoms with E-state index in [1.807, 2.05) is 25.1 Å². The van der Waals surface area contributed by atoms with Gasteiger partial charge in [0, 0.05) is 6.92 Å². The van der Waals surface area contributed by atoms with E-state index in [0.29, 0.717) is 12.1 Å². The molecule has 132 valence electrons. The maximum Gasteiger partial charge on any atom is 0.302 e. The summed E-state index contributed by atoms with van der Waals surface area (Å²) in [7, 11) is -3.64. The summed E-state index contributed by atoms with van der Waals surface area (Å²) in [5.41, 5.74) is 2.36. The summed E-state index contributed by atoms with van der Waals surface area (Å²) < 4.78 is 32.5. The minimum Gasteiger partial charge on any atom is -0.462 e. The fourth-order valence-corrected chi connectivity index (χ4v) is 3.26. The lowest BCUT2D eigenvalue weighted by Gasteiger charge is -2.12. The number of aryl methyl sites for hydroxylation is 1. The molecule has 0 amide bonds. The van der Waals surface area contributed by atoms with Crippen molar-refractivity contribution in [1.82, 2.24) is 0 Å². The first-order valence-electron chi connectivity index (χ1n) is 7.84.